The number of hydrogen-bond acceptors (Lipinski definition) is 7. The number of ketones is 1. The van der Waals surface area contributed by atoms with Crippen molar-refractivity contribution in [3.8, 4) is 11.5 Å². The predicted molar refractivity (Wildman–Crippen MR) is 135 cm³/mol. The molecule has 1 aliphatic heterocycles. The third kappa shape index (κ3) is 3.97. The molecule has 1 N–H and O–H groups in total. The molecule has 5 rings (SSSR count). The molecule has 1 aliphatic rings. The second kappa shape index (κ2) is 9.43. The van der Waals surface area contributed by atoms with Crippen LogP contribution in [0, 0.1) is 5.82 Å². The van der Waals surface area contributed by atoms with Gasteiger partial charge in [-0.3, -0.25) is 14.5 Å². The smallest absolute Gasteiger partial charge is 0.301 e. The summed E-state index contributed by atoms with van der Waals surface area (Å²) < 4.78 is 26.5. The second-order valence-corrected chi connectivity index (χ2v) is 8.99. The Labute approximate surface area is 210 Å². The normalized spacial score (nSPS) is 17.1. The summed E-state index contributed by atoms with van der Waals surface area (Å²) in [6, 6.07) is 16.3. The largest absolute Gasteiger partial charge is 0.507 e. The van der Waals surface area contributed by atoms with Crippen LogP contribution in [0.25, 0.3) is 16.0 Å². The van der Waals surface area contributed by atoms with Crippen LogP contribution >= 0.6 is 11.3 Å². The average Bonchev–Trinajstić information content (AvgIpc) is 3.42. The van der Waals surface area contributed by atoms with Gasteiger partial charge in [-0.05, 0) is 55.5 Å². The van der Waals surface area contributed by atoms with Crippen LogP contribution in [-0.4, -0.2) is 35.5 Å². The lowest BCUT2D eigenvalue weighted by molar-refractivity contribution is -0.132. The minimum atomic E-state index is -1.21. The number of amides is 1. The summed E-state index contributed by atoms with van der Waals surface area (Å²) >= 11 is 1.17. The number of aromatic nitrogens is 1. The number of fused-ring (bicyclic) bond motifs is 1. The maximum Gasteiger partial charge on any atom is 0.301 e. The lowest BCUT2D eigenvalue weighted by Crippen LogP contribution is -2.29. The number of anilines is 1. The number of aliphatic hydroxyl groups is 1. The molecule has 1 atom stereocenters. The number of hydrogen-bond donors (Lipinski definition) is 1. The number of benzene rings is 3. The molecule has 2 heterocycles. The molecule has 1 amide bonds. The fourth-order valence-electron chi connectivity index (χ4n) is 4.17. The van der Waals surface area contributed by atoms with E-state index >= 15 is 4.39 Å². The number of ether oxygens (including phenoxy) is 2. The van der Waals surface area contributed by atoms with E-state index in [4.69, 9.17) is 9.47 Å². The van der Waals surface area contributed by atoms with Crippen molar-refractivity contribution in [2.75, 3.05) is 18.6 Å². The van der Waals surface area contributed by atoms with E-state index in [0.29, 0.717) is 29.2 Å². The van der Waals surface area contributed by atoms with Crippen molar-refractivity contribution in [3.63, 3.8) is 0 Å². The van der Waals surface area contributed by atoms with Crippen LogP contribution in [0.4, 0.5) is 9.52 Å². The molecule has 1 saturated heterocycles. The van der Waals surface area contributed by atoms with E-state index in [1.165, 1.54) is 29.5 Å². The van der Waals surface area contributed by atoms with Crippen LogP contribution in [0.2, 0.25) is 0 Å². The van der Waals surface area contributed by atoms with Gasteiger partial charge in [0, 0.05) is 11.1 Å². The van der Waals surface area contributed by atoms with Gasteiger partial charge in [0.1, 0.15) is 29.1 Å². The Morgan fingerprint density at radius 2 is 1.81 bits per heavy atom. The third-order valence-corrected chi connectivity index (χ3v) is 6.89. The van der Waals surface area contributed by atoms with Gasteiger partial charge in [-0.1, -0.05) is 29.5 Å². The minimum absolute atomic E-state index is 0.0704. The van der Waals surface area contributed by atoms with E-state index in [9.17, 15) is 14.7 Å². The van der Waals surface area contributed by atoms with Crippen molar-refractivity contribution in [2.24, 2.45) is 0 Å². The third-order valence-electron chi connectivity index (χ3n) is 5.87. The summed E-state index contributed by atoms with van der Waals surface area (Å²) in [6.45, 7) is 2.32. The van der Waals surface area contributed by atoms with Crippen molar-refractivity contribution in [3.05, 3.63) is 89.2 Å². The molecule has 1 unspecified atom stereocenters. The number of carbonyl (C=O) groups excluding carboxylic acids is 2. The molecule has 4 aromatic rings. The first-order valence-electron chi connectivity index (χ1n) is 11.2. The Hall–Kier alpha value is -4.24. The zero-order chi connectivity index (χ0) is 25.4. The second-order valence-electron chi connectivity index (χ2n) is 7.98. The first kappa shape index (κ1) is 23.5. The quantitative estimate of drug-likeness (QED) is 0.213. The molecule has 0 spiro atoms. The maximum atomic E-state index is 15.1. The van der Waals surface area contributed by atoms with Crippen molar-refractivity contribution >= 4 is 44.1 Å². The monoisotopic (exact) mass is 504 g/mol. The Morgan fingerprint density at radius 1 is 1.08 bits per heavy atom. The summed E-state index contributed by atoms with van der Waals surface area (Å²) in [5, 5.41) is 11.4. The molecule has 0 radical (unpaired) electrons. The average molecular weight is 505 g/mol. The first-order chi connectivity index (χ1) is 17.4. The lowest BCUT2D eigenvalue weighted by Gasteiger charge is -2.23. The highest BCUT2D eigenvalue weighted by Crippen LogP contribution is 2.45. The zero-order valence-corrected chi connectivity index (χ0v) is 20.2. The minimum Gasteiger partial charge on any atom is -0.507 e. The van der Waals surface area contributed by atoms with Gasteiger partial charge in [0.25, 0.3) is 5.78 Å². The Balaban J connectivity index is 1.69. The number of carbonyl (C=O) groups is 2. The molecule has 7 nitrogen and oxygen atoms in total. The molecule has 9 heteroatoms. The fourth-order valence-corrected chi connectivity index (χ4v) is 5.20. The van der Waals surface area contributed by atoms with E-state index in [2.05, 4.69) is 4.98 Å². The molecule has 3 aromatic carbocycles. The summed E-state index contributed by atoms with van der Waals surface area (Å²) in [6.07, 6.45) is 0. The van der Waals surface area contributed by atoms with Crippen LogP contribution in [0.15, 0.2) is 72.3 Å². The van der Waals surface area contributed by atoms with E-state index < -0.39 is 29.3 Å². The van der Waals surface area contributed by atoms with E-state index in [-0.39, 0.29) is 16.3 Å². The molecule has 1 aromatic heterocycles. The standard InChI is InChI=1S/C27H21FN2O5S/c1-3-35-16-10-8-15(9-11-16)24(31)22-23(18-6-4-5-7-19(18)28)30(26(33)25(22)32)27-29-20-13-12-17(34-2)14-21(20)36-27/h4-14,23,31H,3H2,1-2H3/b24-22+. The predicted octanol–water partition coefficient (Wildman–Crippen LogP) is 5.47. The number of nitrogens with zero attached hydrogens (tertiary/aromatic N) is 2. The number of methoxy groups -OCH3 is 1. The summed E-state index contributed by atoms with van der Waals surface area (Å²) in [5.74, 6) is -1.65. The van der Waals surface area contributed by atoms with Crippen LogP contribution in [-0.2, 0) is 9.59 Å². The molecule has 1 fully saturated rings. The molecular weight excluding hydrogens is 483 g/mol. The van der Waals surface area contributed by atoms with Gasteiger partial charge in [0.05, 0.1) is 29.5 Å². The molecule has 182 valence electrons. The van der Waals surface area contributed by atoms with Gasteiger partial charge < -0.3 is 14.6 Å². The van der Waals surface area contributed by atoms with Crippen LogP contribution in [0.3, 0.4) is 0 Å². The molecule has 0 aliphatic carbocycles. The highest BCUT2D eigenvalue weighted by molar-refractivity contribution is 7.22. The summed E-state index contributed by atoms with van der Waals surface area (Å²) in [4.78, 5) is 32.3. The van der Waals surface area contributed by atoms with Crippen LogP contribution in [0.1, 0.15) is 24.1 Å². The molecular formula is C27H21FN2O5S. The van der Waals surface area contributed by atoms with Gasteiger partial charge in [-0.15, -0.1) is 0 Å². The molecule has 0 saturated carbocycles. The molecule has 36 heavy (non-hydrogen) atoms. The van der Waals surface area contributed by atoms with Crippen molar-refractivity contribution in [1.82, 2.24) is 4.98 Å². The first-order valence-corrected chi connectivity index (χ1v) is 12.0. The fraction of sp³-hybridized carbons (Fsp3) is 0.148. The summed E-state index contributed by atoms with van der Waals surface area (Å²) in [5.41, 5.74) is 0.746. The Kier molecular flexibility index (Phi) is 6.15. The topological polar surface area (TPSA) is 89.0 Å². The highest BCUT2D eigenvalue weighted by Gasteiger charge is 2.49. The zero-order valence-electron chi connectivity index (χ0n) is 19.4. The number of rotatable bonds is 6. The van der Waals surface area contributed by atoms with Gasteiger partial charge in [0.2, 0.25) is 0 Å². The van der Waals surface area contributed by atoms with E-state index in [0.717, 1.165) is 9.60 Å². The maximum absolute atomic E-state index is 15.1. The van der Waals surface area contributed by atoms with Crippen LogP contribution in [0.5, 0.6) is 11.5 Å². The number of thiazole rings is 1. The van der Waals surface area contributed by atoms with Crippen molar-refractivity contribution in [1.29, 1.82) is 0 Å². The van der Waals surface area contributed by atoms with Crippen LogP contribution < -0.4 is 14.4 Å². The van der Waals surface area contributed by atoms with Gasteiger partial charge >= 0.3 is 5.91 Å². The molecule has 0 bridgehead atoms. The van der Waals surface area contributed by atoms with Crippen molar-refractivity contribution in [2.45, 2.75) is 13.0 Å². The number of Topliss-reactive ketones (excluding diaryl/α,β-unsaturated/α-hetero) is 1. The SMILES string of the molecule is CCOc1ccc(/C(O)=C2\C(=O)C(=O)N(c3nc4ccc(OC)cc4s3)C2c2ccccc2F)cc1. The Morgan fingerprint density at radius 3 is 2.50 bits per heavy atom. The van der Waals surface area contributed by atoms with Gasteiger partial charge in [-0.25, -0.2) is 9.37 Å². The van der Waals surface area contributed by atoms with Gasteiger partial charge in [-0.2, -0.15) is 0 Å². The number of halogens is 1. The number of aliphatic hydroxyl groups excluding tert-OH is 1. The van der Waals surface area contributed by atoms with Crippen molar-refractivity contribution < 1.29 is 28.6 Å². The van der Waals surface area contributed by atoms with E-state index in [1.54, 1.807) is 55.6 Å². The van der Waals surface area contributed by atoms with Gasteiger partial charge in [0.15, 0.2) is 5.13 Å². The lowest BCUT2D eigenvalue weighted by atomic mass is 9.95. The summed E-state index contributed by atoms with van der Waals surface area (Å²) in [7, 11) is 1.54. The Bertz CT molecular complexity index is 1510. The van der Waals surface area contributed by atoms with E-state index in [1.807, 2.05) is 6.92 Å². The highest BCUT2D eigenvalue weighted by atomic mass is 32.1.